The lowest BCUT2D eigenvalue weighted by molar-refractivity contribution is -0.130. The zero-order chi connectivity index (χ0) is 10.6. The van der Waals surface area contributed by atoms with Crippen molar-refractivity contribution in [3.63, 3.8) is 0 Å². The molecule has 0 aliphatic rings. The van der Waals surface area contributed by atoms with Gasteiger partial charge in [0.2, 0.25) is 0 Å². The fourth-order valence-corrected chi connectivity index (χ4v) is 0.794. The summed E-state index contributed by atoms with van der Waals surface area (Å²) in [5.74, 6) is 0.372. The lowest BCUT2D eigenvalue weighted by Crippen LogP contribution is -2.27. The van der Waals surface area contributed by atoms with Gasteiger partial charge < -0.3 is 15.4 Å². The molecule has 5 heteroatoms. The highest BCUT2D eigenvalue weighted by atomic mass is 16.5. The third-order valence-corrected chi connectivity index (χ3v) is 1.66. The van der Waals surface area contributed by atoms with Crippen LogP contribution in [0.25, 0.3) is 0 Å². The van der Waals surface area contributed by atoms with Crippen LogP contribution < -0.4 is 10.5 Å². The third-order valence-electron chi connectivity index (χ3n) is 1.66. The van der Waals surface area contributed by atoms with Crippen LogP contribution in [0.1, 0.15) is 0 Å². The minimum Gasteiger partial charge on any atom is -0.481 e. The van der Waals surface area contributed by atoms with Crippen LogP contribution in [0.5, 0.6) is 5.75 Å². The number of amides is 1. The van der Waals surface area contributed by atoms with Crippen molar-refractivity contribution < 1.29 is 9.53 Å². The molecule has 0 spiro atoms. The number of nitrogens with zero attached hydrogens (tertiary/aromatic N) is 2. The summed E-state index contributed by atoms with van der Waals surface area (Å²) < 4.78 is 5.20. The van der Waals surface area contributed by atoms with E-state index in [0.717, 1.165) is 0 Å². The molecule has 0 saturated carbocycles. The topological polar surface area (TPSA) is 68.5 Å². The molecule has 2 N–H and O–H groups in total. The highest BCUT2D eigenvalue weighted by molar-refractivity contribution is 5.77. The quantitative estimate of drug-likeness (QED) is 0.744. The van der Waals surface area contributed by atoms with Crippen LogP contribution >= 0.6 is 0 Å². The molecule has 1 aromatic heterocycles. The van der Waals surface area contributed by atoms with Crippen molar-refractivity contribution in [1.29, 1.82) is 0 Å². The second kappa shape index (κ2) is 4.45. The van der Waals surface area contributed by atoms with Crippen LogP contribution in [0, 0.1) is 0 Å². The standard InChI is InChI=1S/C9H13N3O2/c1-12(2)9(13)6-14-8-3-4-11-5-7(8)10/h3-5H,6,10H2,1-2H3. The lowest BCUT2D eigenvalue weighted by atomic mass is 10.4. The summed E-state index contributed by atoms with van der Waals surface area (Å²) in [6, 6.07) is 1.62. The van der Waals surface area contributed by atoms with Crippen LogP contribution in [0.3, 0.4) is 0 Å². The smallest absolute Gasteiger partial charge is 0.259 e. The van der Waals surface area contributed by atoms with Crippen molar-refractivity contribution >= 4 is 11.6 Å². The highest BCUT2D eigenvalue weighted by Crippen LogP contribution is 2.17. The lowest BCUT2D eigenvalue weighted by Gasteiger charge is -2.11. The predicted octanol–water partition coefficient (Wildman–Crippen LogP) is 0.131. The fourth-order valence-electron chi connectivity index (χ4n) is 0.794. The van der Waals surface area contributed by atoms with Gasteiger partial charge in [-0.3, -0.25) is 9.78 Å². The summed E-state index contributed by atoms with van der Waals surface area (Å²) in [6.07, 6.45) is 3.04. The van der Waals surface area contributed by atoms with Crippen molar-refractivity contribution in [3.8, 4) is 5.75 Å². The molecule has 5 nitrogen and oxygen atoms in total. The van der Waals surface area contributed by atoms with Gasteiger partial charge in [0.15, 0.2) is 6.61 Å². The van der Waals surface area contributed by atoms with E-state index in [2.05, 4.69) is 4.98 Å². The molecule has 0 aliphatic heterocycles. The number of hydrogen-bond acceptors (Lipinski definition) is 4. The van der Waals surface area contributed by atoms with E-state index in [4.69, 9.17) is 10.5 Å². The molecular weight excluding hydrogens is 182 g/mol. The second-order valence-corrected chi connectivity index (χ2v) is 2.99. The number of ether oxygens (including phenoxy) is 1. The van der Waals surface area contributed by atoms with E-state index in [1.807, 2.05) is 0 Å². The average Bonchev–Trinajstić information content (AvgIpc) is 2.16. The Morgan fingerprint density at radius 1 is 1.64 bits per heavy atom. The zero-order valence-electron chi connectivity index (χ0n) is 8.23. The Morgan fingerprint density at radius 3 is 2.93 bits per heavy atom. The van der Waals surface area contributed by atoms with Gasteiger partial charge in [-0.2, -0.15) is 0 Å². The van der Waals surface area contributed by atoms with Crippen LogP contribution in [0.4, 0.5) is 5.69 Å². The minimum absolute atomic E-state index is 0.0127. The molecule has 1 heterocycles. The Hall–Kier alpha value is -1.78. The van der Waals surface area contributed by atoms with Gasteiger partial charge in [0.05, 0.1) is 11.9 Å². The summed E-state index contributed by atoms with van der Waals surface area (Å²) in [5, 5.41) is 0. The SMILES string of the molecule is CN(C)C(=O)COc1ccncc1N. The van der Waals surface area contributed by atoms with E-state index in [0.29, 0.717) is 11.4 Å². The molecule has 0 aliphatic carbocycles. The summed E-state index contributed by atoms with van der Waals surface area (Å²) in [6.45, 7) is -0.0127. The summed E-state index contributed by atoms with van der Waals surface area (Å²) in [5.41, 5.74) is 6.00. The maximum atomic E-state index is 11.2. The first-order valence-electron chi connectivity index (χ1n) is 4.13. The summed E-state index contributed by atoms with van der Waals surface area (Å²) in [4.78, 5) is 16.4. The molecule has 0 atom stereocenters. The van der Waals surface area contributed by atoms with E-state index >= 15 is 0 Å². The Kier molecular flexibility index (Phi) is 3.28. The van der Waals surface area contributed by atoms with Crippen LogP contribution in [-0.2, 0) is 4.79 Å². The summed E-state index contributed by atoms with van der Waals surface area (Å²) in [7, 11) is 3.34. The number of aromatic nitrogens is 1. The predicted molar refractivity (Wildman–Crippen MR) is 52.8 cm³/mol. The molecule has 0 bridgehead atoms. The maximum absolute atomic E-state index is 11.2. The van der Waals surface area contributed by atoms with E-state index in [9.17, 15) is 4.79 Å². The zero-order valence-corrected chi connectivity index (χ0v) is 8.23. The Labute approximate surface area is 82.5 Å². The van der Waals surface area contributed by atoms with Crippen LogP contribution in [0.2, 0.25) is 0 Å². The Bertz CT molecular complexity index is 326. The molecule has 0 fully saturated rings. The number of hydrogen-bond donors (Lipinski definition) is 1. The second-order valence-electron chi connectivity index (χ2n) is 2.99. The molecule has 0 saturated heterocycles. The molecule has 0 aromatic carbocycles. The van der Waals surface area contributed by atoms with Crippen molar-refractivity contribution in [2.45, 2.75) is 0 Å². The van der Waals surface area contributed by atoms with Gasteiger partial charge in [0.25, 0.3) is 5.91 Å². The minimum atomic E-state index is -0.110. The number of nitrogens with two attached hydrogens (primary N) is 1. The Morgan fingerprint density at radius 2 is 2.36 bits per heavy atom. The van der Waals surface area contributed by atoms with E-state index in [-0.39, 0.29) is 12.5 Å². The molecule has 0 unspecified atom stereocenters. The largest absolute Gasteiger partial charge is 0.481 e. The number of pyridine rings is 1. The first kappa shape index (κ1) is 10.3. The van der Waals surface area contributed by atoms with Crippen molar-refractivity contribution in [2.24, 2.45) is 0 Å². The highest BCUT2D eigenvalue weighted by Gasteiger charge is 2.06. The van der Waals surface area contributed by atoms with Crippen LogP contribution in [0.15, 0.2) is 18.5 Å². The number of nitrogen functional groups attached to an aromatic ring is 1. The molecule has 1 amide bonds. The molecule has 14 heavy (non-hydrogen) atoms. The fraction of sp³-hybridized carbons (Fsp3) is 0.333. The molecule has 1 rings (SSSR count). The first-order chi connectivity index (χ1) is 6.61. The van der Waals surface area contributed by atoms with Gasteiger partial charge in [0, 0.05) is 26.4 Å². The number of carbonyl (C=O) groups is 1. The van der Waals surface area contributed by atoms with Crippen molar-refractivity contribution in [2.75, 3.05) is 26.4 Å². The summed E-state index contributed by atoms with van der Waals surface area (Å²) >= 11 is 0. The van der Waals surface area contributed by atoms with E-state index in [1.54, 1.807) is 26.4 Å². The van der Waals surface area contributed by atoms with Gasteiger partial charge in [-0.25, -0.2) is 0 Å². The van der Waals surface area contributed by atoms with Gasteiger partial charge in [-0.05, 0) is 0 Å². The average molecular weight is 195 g/mol. The maximum Gasteiger partial charge on any atom is 0.259 e. The third kappa shape index (κ3) is 2.62. The first-order valence-corrected chi connectivity index (χ1v) is 4.13. The Balaban J connectivity index is 2.54. The number of carbonyl (C=O) groups excluding carboxylic acids is 1. The van der Waals surface area contributed by atoms with Gasteiger partial charge in [0.1, 0.15) is 5.75 Å². The van der Waals surface area contributed by atoms with Crippen molar-refractivity contribution in [3.05, 3.63) is 18.5 Å². The molecule has 0 radical (unpaired) electrons. The van der Waals surface area contributed by atoms with Gasteiger partial charge >= 0.3 is 0 Å². The van der Waals surface area contributed by atoms with Crippen molar-refractivity contribution in [1.82, 2.24) is 9.88 Å². The molecular formula is C9H13N3O2. The van der Waals surface area contributed by atoms with E-state index in [1.165, 1.54) is 11.1 Å². The number of likely N-dealkylation sites (N-methyl/N-ethyl adjacent to an activating group) is 1. The van der Waals surface area contributed by atoms with E-state index < -0.39 is 0 Å². The monoisotopic (exact) mass is 195 g/mol. The normalized spacial score (nSPS) is 9.57. The number of anilines is 1. The molecule has 76 valence electrons. The van der Waals surface area contributed by atoms with Crippen LogP contribution in [-0.4, -0.2) is 36.5 Å². The van der Waals surface area contributed by atoms with Gasteiger partial charge in [-0.15, -0.1) is 0 Å². The number of rotatable bonds is 3. The molecule has 1 aromatic rings. The van der Waals surface area contributed by atoms with Gasteiger partial charge in [-0.1, -0.05) is 0 Å².